The van der Waals surface area contributed by atoms with E-state index in [0.717, 1.165) is 28.2 Å². The number of methoxy groups -OCH3 is 2. The molecule has 0 heterocycles. The van der Waals surface area contributed by atoms with Gasteiger partial charge in [-0.2, -0.15) is 0 Å². The van der Waals surface area contributed by atoms with Crippen molar-refractivity contribution >= 4 is 0 Å². The van der Waals surface area contributed by atoms with Crippen molar-refractivity contribution in [2.24, 2.45) is 5.73 Å². The van der Waals surface area contributed by atoms with Crippen molar-refractivity contribution in [3.63, 3.8) is 0 Å². The topological polar surface area (TPSA) is 44.5 Å². The molecule has 0 aliphatic rings. The molecule has 2 rings (SSSR count). The lowest BCUT2D eigenvalue weighted by molar-refractivity contribution is 0.369. The van der Waals surface area contributed by atoms with E-state index in [1.54, 1.807) is 14.2 Å². The average Bonchev–Trinajstić information content (AvgIpc) is 2.46. The summed E-state index contributed by atoms with van der Waals surface area (Å²) in [4.78, 5) is 0. The maximum atomic E-state index is 6.65. The third-order valence-electron chi connectivity index (χ3n) is 3.65. The highest BCUT2D eigenvalue weighted by Crippen LogP contribution is 2.40. The van der Waals surface area contributed by atoms with Crippen LogP contribution in [0.15, 0.2) is 42.5 Å². The molecular formula is C17H21NO2. The molecule has 0 aliphatic carbocycles. The predicted octanol–water partition coefficient (Wildman–Crippen LogP) is 3.23. The third-order valence-corrected chi connectivity index (χ3v) is 3.65. The number of nitrogens with two attached hydrogens (primary N) is 1. The molecule has 3 heteroatoms. The molecule has 3 nitrogen and oxygen atoms in total. The van der Waals surface area contributed by atoms with E-state index in [0.29, 0.717) is 0 Å². The summed E-state index contributed by atoms with van der Waals surface area (Å²) >= 11 is 0. The molecule has 0 saturated carbocycles. The second-order valence-electron chi connectivity index (χ2n) is 5.05. The van der Waals surface area contributed by atoms with Gasteiger partial charge in [-0.15, -0.1) is 0 Å². The van der Waals surface area contributed by atoms with Gasteiger partial charge in [0, 0.05) is 0 Å². The van der Waals surface area contributed by atoms with Gasteiger partial charge in [0.05, 0.1) is 25.3 Å². The Morgan fingerprint density at radius 3 is 1.95 bits per heavy atom. The molecule has 106 valence electrons. The van der Waals surface area contributed by atoms with E-state index in [1.807, 2.05) is 43.3 Å². The van der Waals surface area contributed by atoms with Crippen molar-refractivity contribution in [3.05, 3.63) is 59.2 Å². The Balaban J connectivity index is 2.68. The van der Waals surface area contributed by atoms with Crippen LogP contribution in [0.2, 0.25) is 0 Å². The van der Waals surface area contributed by atoms with Crippen LogP contribution in [0, 0.1) is 6.92 Å². The van der Waals surface area contributed by atoms with E-state index in [2.05, 4.69) is 13.0 Å². The Hall–Kier alpha value is -2.00. The maximum Gasteiger partial charge on any atom is 0.127 e. The van der Waals surface area contributed by atoms with Crippen molar-refractivity contribution in [1.29, 1.82) is 0 Å². The standard InChI is InChI=1S/C17H21NO2/c1-12-8-5-6-9-13(12)17(2,18)16-14(19-3)10-7-11-15(16)20-4/h5-11H,18H2,1-4H3. The van der Waals surface area contributed by atoms with Gasteiger partial charge >= 0.3 is 0 Å². The van der Waals surface area contributed by atoms with Crippen molar-refractivity contribution in [3.8, 4) is 11.5 Å². The van der Waals surface area contributed by atoms with Crippen molar-refractivity contribution in [2.75, 3.05) is 14.2 Å². The zero-order valence-electron chi connectivity index (χ0n) is 12.4. The fraction of sp³-hybridized carbons (Fsp3) is 0.294. The molecule has 0 saturated heterocycles. The zero-order valence-corrected chi connectivity index (χ0v) is 12.4. The first-order chi connectivity index (χ1) is 9.52. The van der Waals surface area contributed by atoms with Crippen molar-refractivity contribution in [1.82, 2.24) is 0 Å². The van der Waals surface area contributed by atoms with Gasteiger partial charge in [0.2, 0.25) is 0 Å². The molecule has 1 unspecified atom stereocenters. The molecule has 2 aromatic carbocycles. The summed E-state index contributed by atoms with van der Waals surface area (Å²) in [5.41, 5.74) is 9.02. The fourth-order valence-electron chi connectivity index (χ4n) is 2.65. The lowest BCUT2D eigenvalue weighted by atomic mass is 9.82. The maximum absolute atomic E-state index is 6.65. The molecule has 20 heavy (non-hydrogen) atoms. The first-order valence-electron chi connectivity index (χ1n) is 6.58. The van der Waals surface area contributed by atoms with Crippen LogP contribution in [-0.2, 0) is 5.54 Å². The van der Waals surface area contributed by atoms with Gasteiger partial charge in [0.1, 0.15) is 11.5 Å². The summed E-state index contributed by atoms with van der Waals surface area (Å²) in [7, 11) is 3.29. The average molecular weight is 271 g/mol. The normalized spacial score (nSPS) is 13.7. The van der Waals surface area contributed by atoms with Gasteiger partial charge in [0.25, 0.3) is 0 Å². The first-order valence-corrected chi connectivity index (χ1v) is 6.58. The van der Waals surface area contributed by atoms with Gasteiger partial charge in [-0.05, 0) is 37.1 Å². The summed E-state index contributed by atoms with van der Waals surface area (Å²) in [6.07, 6.45) is 0. The van der Waals surface area contributed by atoms with Crippen LogP contribution in [0.4, 0.5) is 0 Å². The van der Waals surface area contributed by atoms with E-state index in [4.69, 9.17) is 15.2 Å². The lowest BCUT2D eigenvalue weighted by Gasteiger charge is -2.30. The Morgan fingerprint density at radius 1 is 0.900 bits per heavy atom. The fourth-order valence-corrected chi connectivity index (χ4v) is 2.65. The van der Waals surface area contributed by atoms with Gasteiger partial charge in [0.15, 0.2) is 0 Å². The molecule has 0 radical (unpaired) electrons. The minimum Gasteiger partial charge on any atom is -0.496 e. The molecule has 0 bridgehead atoms. The van der Waals surface area contributed by atoms with Crippen LogP contribution in [0.5, 0.6) is 11.5 Å². The monoisotopic (exact) mass is 271 g/mol. The molecular weight excluding hydrogens is 250 g/mol. The summed E-state index contributed by atoms with van der Waals surface area (Å²) in [6, 6.07) is 13.8. The highest BCUT2D eigenvalue weighted by Gasteiger charge is 2.31. The van der Waals surface area contributed by atoms with E-state index in [9.17, 15) is 0 Å². The summed E-state index contributed by atoms with van der Waals surface area (Å²) in [5, 5.41) is 0. The van der Waals surface area contributed by atoms with E-state index in [-0.39, 0.29) is 0 Å². The number of hydrogen-bond donors (Lipinski definition) is 1. The van der Waals surface area contributed by atoms with E-state index < -0.39 is 5.54 Å². The smallest absolute Gasteiger partial charge is 0.127 e. The minimum atomic E-state index is -0.691. The Morgan fingerprint density at radius 2 is 1.45 bits per heavy atom. The van der Waals surface area contributed by atoms with Crippen molar-refractivity contribution in [2.45, 2.75) is 19.4 Å². The van der Waals surface area contributed by atoms with Gasteiger partial charge in [-0.25, -0.2) is 0 Å². The predicted molar refractivity (Wildman–Crippen MR) is 81.4 cm³/mol. The van der Waals surface area contributed by atoms with Gasteiger partial charge in [-0.1, -0.05) is 30.3 Å². The Labute approximate surface area is 120 Å². The third kappa shape index (κ3) is 2.37. The quantitative estimate of drug-likeness (QED) is 0.928. The summed E-state index contributed by atoms with van der Waals surface area (Å²) in [6.45, 7) is 4.04. The zero-order chi connectivity index (χ0) is 14.8. The summed E-state index contributed by atoms with van der Waals surface area (Å²) < 4.78 is 11.0. The lowest BCUT2D eigenvalue weighted by Crippen LogP contribution is -2.36. The molecule has 2 aromatic rings. The molecule has 0 fully saturated rings. The second kappa shape index (κ2) is 5.55. The number of rotatable bonds is 4. The van der Waals surface area contributed by atoms with Crippen LogP contribution in [0.25, 0.3) is 0 Å². The van der Waals surface area contributed by atoms with Crippen LogP contribution in [0.1, 0.15) is 23.6 Å². The minimum absolute atomic E-state index is 0.691. The van der Waals surface area contributed by atoms with Crippen molar-refractivity contribution < 1.29 is 9.47 Å². The number of hydrogen-bond acceptors (Lipinski definition) is 3. The molecule has 2 N–H and O–H groups in total. The van der Waals surface area contributed by atoms with E-state index >= 15 is 0 Å². The second-order valence-corrected chi connectivity index (χ2v) is 5.05. The number of benzene rings is 2. The van der Waals surface area contributed by atoms with Crippen LogP contribution in [0.3, 0.4) is 0 Å². The molecule has 0 spiro atoms. The molecule has 0 aromatic heterocycles. The van der Waals surface area contributed by atoms with E-state index in [1.165, 1.54) is 0 Å². The Bertz CT molecular complexity index is 583. The highest BCUT2D eigenvalue weighted by atomic mass is 16.5. The first kappa shape index (κ1) is 14.4. The number of aryl methyl sites for hydroxylation is 1. The highest BCUT2D eigenvalue weighted by molar-refractivity contribution is 5.54. The van der Waals surface area contributed by atoms with Crippen LogP contribution >= 0.6 is 0 Å². The SMILES string of the molecule is COc1cccc(OC)c1C(C)(N)c1ccccc1C. The Kier molecular flexibility index (Phi) is 4.00. The van der Waals surface area contributed by atoms with Crippen LogP contribution in [-0.4, -0.2) is 14.2 Å². The summed E-state index contributed by atoms with van der Waals surface area (Å²) in [5.74, 6) is 1.47. The molecule has 1 atom stereocenters. The van der Waals surface area contributed by atoms with Gasteiger partial charge in [-0.3, -0.25) is 0 Å². The number of ether oxygens (including phenoxy) is 2. The largest absolute Gasteiger partial charge is 0.496 e. The molecule has 0 aliphatic heterocycles. The van der Waals surface area contributed by atoms with Gasteiger partial charge < -0.3 is 15.2 Å². The van der Waals surface area contributed by atoms with Crippen LogP contribution < -0.4 is 15.2 Å². The molecule has 0 amide bonds.